The average molecular weight is 433 g/mol. The van der Waals surface area contributed by atoms with Gasteiger partial charge in [0.25, 0.3) is 0 Å². The first-order valence-corrected chi connectivity index (χ1v) is 12.9. The number of benzene rings is 1. The summed E-state index contributed by atoms with van der Waals surface area (Å²) in [7, 11) is -3.46. The van der Waals surface area contributed by atoms with E-state index < -0.39 is 10.0 Å². The zero-order valence-electron chi connectivity index (χ0n) is 18.6. The van der Waals surface area contributed by atoms with Crippen molar-refractivity contribution in [1.82, 2.24) is 9.62 Å². The van der Waals surface area contributed by atoms with Gasteiger partial charge < -0.3 is 4.90 Å². The lowest BCUT2D eigenvalue weighted by molar-refractivity contribution is -0.138. The molecule has 0 spiro atoms. The number of carbonyl (C=O) groups is 1. The zero-order chi connectivity index (χ0) is 21.6. The van der Waals surface area contributed by atoms with E-state index in [-0.39, 0.29) is 11.3 Å². The Hall–Kier alpha value is -1.40. The fourth-order valence-electron chi connectivity index (χ4n) is 6.48. The molecule has 0 unspecified atom stereocenters. The Balaban J connectivity index is 1.29. The molecule has 1 heterocycles. The zero-order valence-corrected chi connectivity index (χ0v) is 19.4. The number of fused-ring (bicyclic) bond motifs is 2. The van der Waals surface area contributed by atoms with Crippen LogP contribution in [-0.2, 0) is 14.8 Å². The average Bonchev–Trinajstić information content (AvgIpc) is 2.95. The van der Waals surface area contributed by atoms with Gasteiger partial charge in [0.15, 0.2) is 0 Å². The highest BCUT2D eigenvalue weighted by molar-refractivity contribution is 7.89. The van der Waals surface area contributed by atoms with Crippen LogP contribution in [0.3, 0.4) is 0 Å². The lowest BCUT2D eigenvalue weighted by atomic mass is 9.65. The van der Waals surface area contributed by atoms with Crippen molar-refractivity contribution in [2.24, 2.45) is 22.7 Å². The maximum Gasteiger partial charge on any atom is 0.240 e. The number of carbonyl (C=O) groups excluding carboxylic acids is 1. The molecular weight excluding hydrogens is 396 g/mol. The van der Waals surface area contributed by atoms with Gasteiger partial charge in [-0.05, 0) is 73.8 Å². The normalized spacial score (nSPS) is 33.4. The van der Waals surface area contributed by atoms with Crippen molar-refractivity contribution in [3.63, 3.8) is 0 Å². The molecule has 1 saturated heterocycles. The first-order valence-electron chi connectivity index (χ1n) is 11.4. The number of hydrogen-bond donors (Lipinski definition) is 1. The minimum atomic E-state index is -3.46. The molecule has 0 aromatic heterocycles. The Labute approximate surface area is 181 Å². The van der Waals surface area contributed by atoms with Crippen LogP contribution in [0.4, 0.5) is 0 Å². The first kappa shape index (κ1) is 21.8. The summed E-state index contributed by atoms with van der Waals surface area (Å²) >= 11 is 0. The summed E-state index contributed by atoms with van der Waals surface area (Å²) in [5, 5.41) is 0. The molecule has 1 aromatic rings. The van der Waals surface area contributed by atoms with Gasteiger partial charge in [-0.15, -0.1) is 0 Å². The van der Waals surface area contributed by atoms with Crippen molar-refractivity contribution in [3.05, 3.63) is 30.3 Å². The standard InChI is InChI=1S/C24H36N2O3S/c1-23(2)13-20-14-24(3,16-23)17-26(20)22(27)19-11-9-18(10-12-19)15-25-30(28,29)21-7-5-4-6-8-21/h4-8,18-20,25H,9-17H2,1-3H3/t18?,19?,20-,24-/m0/s1. The SMILES string of the molecule is CC1(C)C[C@H]2C[C@](C)(CN2C(=O)C2CCC(CNS(=O)(=O)c3ccccc3)CC2)C1. The molecule has 4 rings (SSSR count). The third kappa shape index (κ3) is 4.59. The van der Waals surface area contributed by atoms with Crippen LogP contribution in [0, 0.1) is 22.7 Å². The molecule has 3 fully saturated rings. The van der Waals surface area contributed by atoms with Gasteiger partial charge in [0, 0.05) is 25.0 Å². The number of likely N-dealkylation sites (tertiary alicyclic amines) is 1. The molecule has 2 aliphatic carbocycles. The van der Waals surface area contributed by atoms with Crippen molar-refractivity contribution in [1.29, 1.82) is 0 Å². The molecule has 5 nitrogen and oxygen atoms in total. The monoisotopic (exact) mass is 432 g/mol. The summed E-state index contributed by atoms with van der Waals surface area (Å²) in [6, 6.07) is 8.92. The molecule has 1 N–H and O–H groups in total. The van der Waals surface area contributed by atoms with Crippen molar-refractivity contribution < 1.29 is 13.2 Å². The molecule has 166 valence electrons. The second kappa shape index (κ2) is 7.94. The van der Waals surface area contributed by atoms with E-state index in [2.05, 4.69) is 30.4 Å². The molecule has 30 heavy (non-hydrogen) atoms. The lowest BCUT2D eigenvalue weighted by Gasteiger charge is -2.39. The number of hydrogen-bond acceptors (Lipinski definition) is 3. The van der Waals surface area contributed by atoms with Crippen LogP contribution < -0.4 is 4.72 Å². The molecule has 0 radical (unpaired) electrons. The Morgan fingerprint density at radius 1 is 1.07 bits per heavy atom. The predicted octanol–water partition coefficient (Wildman–Crippen LogP) is 4.20. The van der Waals surface area contributed by atoms with Crippen molar-refractivity contribution in [3.8, 4) is 0 Å². The molecule has 1 aliphatic heterocycles. The number of nitrogens with zero attached hydrogens (tertiary/aromatic N) is 1. The lowest BCUT2D eigenvalue weighted by Crippen LogP contribution is -2.42. The van der Waals surface area contributed by atoms with Crippen LogP contribution >= 0.6 is 0 Å². The molecule has 2 bridgehead atoms. The smallest absolute Gasteiger partial charge is 0.240 e. The Morgan fingerprint density at radius 3 is 2.40 bits per heavy atom. The maximum absolute atomic E-state index is 13.3. The highest BCUT2D eigenvalue weighted by Crippen LogP contribution is 2.53. The highest BCUT2D eigenvalue weighted by atomic mass is 32.2. The second-order valence-corrected chi connectivity index (χ2v) is 12.8. The minimum Gasteiger partial charge on any atom is -0.339 e. The van der Waals surface area contributed by atoms with Crippen LogP contribution in [-0.4, -0.2) is 38.4 Å². The van der Waals surface area contributed by atoms with Crippen LogP contribution in [0.1, 0.15) is 65.7 Å². The highest BCUT2D eigenvalue weighted by Gasteiger charge is 2.51. The second-order valence-electron chi connectivity index (χ2n) is 11.1. The van der Waals surface area contributed by atoms with Crippen LogP contribution in [0.15, 0.2) is 35.2 Å². The van der Waals surface area contributed by atoms with Crippen LogP contribution in [0.2, 0.25) is 0 Å². The Bertz CT molecular complexity index is 875. The predicted molar refractivity (Wildman–Crippen MR) is 118 cm³/mol. The maximum atomic E-state index is 13.3. The summed E-state index contributed by atoms with van der Waals surface area (Å²) in [6.07, 6.45) is 7.04. The summed E-state index contributed by atoms with van der Waals surface area (Å²) in [5.41, 5.74) is 0.593. The van der Waals surface area contributed by atoms with Gasteiger partial charge in [0.2, 0.25) is 15.9 Å². The molecule has 6 heteroatoms. The van der Waals surface area contributed by atoms with E-state index in [0.717, 1.165) is 45.1 Å². The summed E-state index contributed by atoms with van der Waals surface area (Å²) in [6.45, 7) is 8.40. The number of sulfonamides is 1. The van der Waals surface area contributed by atoms with Crippen molar-refractivity contribution >= 4 is 15.9 Å². The Kier molecular flexibility index (Phi) is 5.77. The van der Waals surface area contributed by atoms with E-state index in [1.54, 1.807) is 24.3 Å². The van der Waals surface area contributed by atoms with Gasteiger partial charge in [-0.1, -0.05) is 39.0 Å². The number of amides is 1. The van der Waals surface area contributed by atoms with E-state index in [1.165, 1.54) is 6.42 Å². The summed E-state index contributed by atoms with van der Waals surface area (Å²) < 4.78 is 27.6. The Morgan fingerprint density at radius 2 is 1.73 bits per heavy atom. The van der Waals surface area contributed by atoms with Crippen LogP contribution in [0.5, 0.6) is 0 Å². The van der Waals surface area contributed by atoms with E-state index in [1.807, 2.05) is 6.07 Å². The van der Waals surface area contributed by atoms with Gasteiger partial charge in [0.05, 0.1) is 4.90 Å². The summed E-state index contributed by atoms with van der Waals surface area (Å²) in [4.78, 5) is 15.8. The van der Waals surface area contributed by atoms with Gasteiger partial charge in [-0.3, -0.25) is 4.79 Å². The van der Waals surface area contributed by atoms with Gasteiger partial charge >= 0.3 is 0 Å². The molecular formula is C24H36N2O3S. The largest absolute Gasteiger partial charge is 0.339 e. The fourth-order valence-corrected chi connectivity index (χ4v) is 7.61. The fraction of sp³-hybridized carbons (Fsp3) is 0.708. The van der Waals surface area contributed by atoms with Crippen molar-refractivity contribution in [2.45, 2.75) is 76.7 Å². The van der Waals surface area contributed by atoms with Gasteiger partial charge in [-0.25, -0.2) is 13.1 Å². The van der Waals surface area contributed by atoms with Crippen molar-refractivity contribution in [2.75, 3.05) is 13.1 Å². The topological polar surface area (TPSA) is 66.5 Å². The molecule has 3 aliphatic rings. The van der Waals surface area contributed by atoms with E-state index in [0.29, 0.717) is 34.7 Å². The van der Waals surface area contributed by atoms with E-state index >= 15 is 0 Å². The summed E-state index contributed by atoms with van der Waals surface area (Å²) in [5.74, 6) is 0.768. The van der Waals surface area contributed by atoms with E-state index in [4.69, 9.17) is 0 Å². The minimum absolute atomic E-state index is 0.109. The van der Waals surface area contributed by atoms with E-state index in [9.17, 15) is 13.2 Å². The molecule has 2 saturated carbocycles. The first-order chi connectivity index (χ1) is 14.1. The number of rotatable bonds is 5. The van der Waals surface area contributed by atoms with Gasteiger partial charge in [-0.2, -0.15) is 0 Å². The third-order valence-electron chi connectivity index (χ3n) is 7.51. The molecule has 2 atom stereocenters. The van der Waals surface area contributed by atoms with Crippen LogP contribution in [0.25, 0.3) is 0 Å². The quantitative estimate of drug-likeness (QED) is 0.758. The number of nitrogens with one attached hydrogen (secondary N) is 1. The third-order valence-corrected chi connectivity index (χ3v) is 8.95. The molecule has 1 amide bonds. The molecule has 1 aromatic carbocycles. The van der Waals surface area contributed by atoms with Gasteiger partial charge in [0.1, 0.15) is 0 Å².